The molecule has 5 atom stereocenters. The van der Waals surface area contributed by atoms with E-state index in [1.165, 1.54) is 37.8 Å². The molecule has 5 aliphatic rings. The van der Waals surface area contributed by atoms with Crippen molar-refractivity contribution in [2.24, 2.45) is 17.3 Å². The summed E-state index contributed by atoms with van der Waals surface area (Å²) in [6.45, 7) is 5.71. The molecule has 2 aromatic carbocycles. The number of urea groups is 1. The van der Waals surface area contributed by atoms with Gasteiger partial charge in [0.1, 0.15) is 40.0 Å². The van der Waals surface area contributed by atoms with Gasteiger partial charge in [-0.2, -0.15) is 15.2 Å². The second-order valence-electron chi connectivity index (χ2n) is 15.8. The van der Waals surface area contributed by atoms with Gasteiger partial charge in [0, 0.05) is 49.1 Å². The number of halogens is 2. The molecule has 2 amide bonds. The Morgan fingerprint density at radius 3 is 2.46 bits per heavy atom. The van der Waals surface area contributed by atoms with Gasteiger partial charge in [0.25, 0.3) is 6.47 Å². The molecule has 0 spiro atoms. The van der Waals surface area contributed by atoms with Crippen LogP contribution in [0.5, 0.6) is 17.6 Å². The predicted octanol–water partition coefficient (Wildman–Crippen LogP) is 4.90. The van der Waals surface area contributed by atoms with Crippen LogP contribution in [0.15, 0.2) is 24.3 Å². The van der Waals surface area contributed by atoms with Crippen molar-refractivity contribution in [1.29, 1.82) is 5.26 Å². The van der Waals surface area contributed by atoms with Crippen molar-refractivity contribution in [1.82, 2.24) is 30.1 Å². The fraction of sp³-hybridized carbons (Fsp3) is 0.463. The van der Waals surface area contributed by atoms with Crippen molar-refractivity contribution >= 4 is 40.0 Å². The van der Waals surface area contributed by atoms with Gasteiger partial charge in [0.15, 0.2) is 5.82 Å². The van der Waals surface area contributed by atoms with Crippen LogP contribution in [0.25, 0.3) is 32.9 Å². The maximum Gasteiger partial charge on any atom is 0.319 e. The Morgan fingerprint density at radius 1 is 1.12 bits per heavy atom. The van der Waals surface area contributed by atoms with Crippen molar-refractivity contribution in [2.45, 2.75) is 57.2 Å². The first-order valence-corrected chi connectivity index (χ1v) is 19.0. The molecule has 296 valence electrons. The number of carbonyl (C=O) groups is 2. The lowest BCUT2D eigenvalue weighted by Gasteiger charge is -2.41. The number of hydrogen-bond donors (Lipinski definition) is 3. The number of carboxylic acid groups (broad SMARTS) is 1. The number of methoxy groups -OCH3 is 1. The second kappa shape index (κ2) is 14.8. The molecule has 3 saturated heterocycles. The van der Waals surface area contributed by atoms with Crippen LogP contribution in [-0.4, -0.2) is 112 Å². The number of likely N-dealkylation sites (tertiary alicyclic amines) is 1. The number of anilines is 1. The molecule has 5 fully saturated rings. The summed E-state index contributed by atoms with van der Waals surface area (Å²) in [5.41, 5.74) is -0.405. The number of fused-ring (bicyclic) bond motifs is 5. The van der Waals surface area contributed by atoms with E-state index in [1.807, 2.05) is 4.90 Å². The molecule has 4 aromatic rings. The van der Waals surface area contributed by atoms with Gasteiger partial charge in [-0.3, -0.25) is 4.79 Å². The molecular formula is C41H42F2N8O6. The third kappa shape index (κ3) is 7.03. The number of aromatic hydroxyl groups is 1. The third-order valence-electron chi connectivity index (χ3n) is 12.0. The number of nitrogens with zero attached hydrogens (tertiary/aromatic N) is 7. The van der Waals surface area contributed by atoms with E-state index in [2.05, 4.69) is 32.2 Å². The lowest BCUT2D eigenvalue weighted by Crippen LogP contribution is -2.59. The molecule has 2 aliphatic carbocycles. The SMILES string of the molecule is C#Cc1c(F)ccc2cc(O)cc(-c3nc(OC)c4c(N5CC6CCC(C5)N6C(=O)NC(C)C#N)nc(OCC5(CN6CC7CC7C6)CC5)nc4c3F)c12.O=CO. The topological polar surface area (TPSA) is 177 Å². The van der Waals surface area contributed by atoms with Crippen molar-refractivity contribution < 1.29 is 38.1 Å². The monoisotopic (exact) mass is 780 g/mol. The smallest absolute Gasteiger partial charge is 0.319 e. The zero-order valence-electron chi connectivity index (χ0n) is 31.5. The van der Waals surface area contributed by atoms with E-state index >= 15 is 8.78 Å². The van der Waals surface area contributed by atoms with Gasteiger partial charge >= 0.3 is 12.0 Å². The predicted molar refractivity (Wildman–Crippen MR) is 205 cm³/mol. The normalized spacial score (nSPS) is 23.1. The highest BCUT2D eigenvalue weighted by atomic mass is 19.1. The number of nitriles is 1. The number of piperidine rings is 1. The van der Waals surface area contributed by atoms with Crippen molar-refractivity contribution in [3.05, 3.63) is 41.5 Å². The summed E-state index contributed by atoms with van der Waals surface area (Å²) in [7, 11) is 1.41. The Hall–Kier alpha value is -6.00. The molecule has 0 radical (unpaired) electrons. The van der Waals surface area contributed by atoms with E-state index < -0.39 is 17.7 Å². The summed E-state index contributed by atoms with van der Waals surface area (Å²) in [6, 6.07) is 6.12. The van der Waals surface area contributed by atoms with Gasteiger partial charge in [-0.25, -0.2) is 18.6 Å². The van der Waals surface area contributed by atoms with E-state index in [-0.39, 0.29) is 80.8 Å². The second-order valence-corrected chi connectivity index (χ2v) is 15.8. The zero-order chi connectivity index (χ0) is 40.2. The molecule has 57 heavy (non-hydrogen) atoms. The average molecular weight is 781 g/mol. The minimum atomic E-state index is -0.845. The summed E-state index contributed by atoms with van der Waals surface area (Å²) in [5, 5.41) is 30.5. The minimum Gasteiger partial charge on any atom is -0.508 e. The highest BCUT2D eigenvalue weighted by Gasteiger charge is 2.51. The third-order valence-corrected chi connectivity index (χ3v) is 12.0. The first-order chi connectivity index (χ1) is 27.5. The number of terminal acetylenes is 1. The number of benzene rings is 2. The van der Waals surface area contributed by atoms with E-state index in [0.717, 1.165) is 57.2 Å². The Kier molecular flexibility index (Phi) is 9.85. The van der Waals surface area contributed by atoms with Crippen molar-refractivity contribution in [3.8, 4) is 47.3 Å². The van der Waals surface area contributed by atoms with E-state index in [4.69, 9.17) is 30.8 Å². The summed E-state index contributed by atoms with van der Waals surface area (Å²) in [4.78, 5) is 42.1. The van der Waals surface area contributed by atoms with Gasteiger partial charge in [-0.05, 0) is 74.4 Å². The fourth-order valence-electron chi connectivity index (χ4n) is 9.02. The first kappa shape index (κ1) is 37.9. The fourth-order valence-corrected chi connectivity index (χ4v) is 9.02. The molecule has 9 rings (SSSR count). The molecule has 14 nitrogen and oxygen atoms in total. The number of hydrogen-bond acceptors (Lipinski definition) is 11. The molecule has 3 aliphatic heterocycles. The average Bonchev–Trinajstić information content (AvgIpc) is 4.08. The van der Waals surface area contributed by atoms with Crippen LogP contribution in [0.4, 0.5) is 19.4 Å². The number of aromatic nitrogens is 3. The first-order valence-electron chi connectivity index (χ1n) is 19.0. The molecular weight excluding hydrogens is 738 g/mol. The molecule has 2 saturated carbocycles. The largest absolute Gasteiger partial charge is 0.508 e. The Morgan fingerprint density at radius 2 is 1.82 bits per heavy atom. The zero-order valence-corrected chi connectivity index (χ0v) is 31.5. The van der Waals surface area contributed by atoms with Crippen LogP contribution in [-0.2, 0) is 4.79 Å². The van der Waals surface area contributed by atoms with Crippen LogP contribution in [0.2, 0.25) is 0 Å². The highest BCUT2D eigenvalue weighted by Crippen LogP contribution is 2.51. The number of piperazine rings is 1. The molecule has 5 unspecified atom stereocenters. The quantitative estimate of drug-likeness (QED) is 0.155. The number of ether oxygens (including phenoxy) is 2. The van der Waals surface area contributed by atoms with Crippen LogP contribution in [0, 0.1) is 52.6 Å². The lowest BCUT2D eigenvalue weighted by molar-refractivity contribution is -0.122. The van der Waals surface area contributed by atoms with Crippen LogP contribution in [0.3, 0.4) is 0 Å². The van der Waals surface area contributed by atoms with Crippen molar-refractivity contribution in [3.63, 3.8) is 0 Å². The maximum absolute atomic E-state index is 17.3. The molecule has 5 heterocycles. The van der Waals surface area contributed by atoms with Crippen LogP contribution >= 0.6 is 0 Å². The number of phenolic OH excluding ortho intramolecular Hbond substituents is 1. The number of amides is 2. The lowest BCUT2D eigenvalue weighted by atomic mass is 9.95. The van der Waals surface area contributed by atoms with E-state index in [9.17, 15) is 15.2 Å². The van der Waals surface area contributed by atoms with Gasteiger partial charge < -0.3 is 39.7 Å². The summed E-state index contributed by atoms with van der Waals surface area (Å²) >= 11 is 0. The number of phenols is 1. The van der Waals surface area contributed by atoms with E-state index in [1.54, 1.807) is 11.8 Å². The molecule has 3 N–H and O–H groups in total. The Bertz CT molecular complexity index is 2340. The number of carbonyl (C=O) groups excluding carboxylic acids is 1. The Balaban J connectivity index is 0.00000147. The summed E-state index contributed by atoms with van der Waals surface area (Å²) in [6.07, 6.45) is 10.6. The highest BCUT2D eigenvalue weighted by molar-refractivity contribution is 6.04. The minimum absolute atomic E-state index is 0.00219. The van der Waals surface area contributed by atoms with E-state index in [0.29, 0.717) is 30.9 Å². The van der Waals surface area contributed by atoms with Crippen LogP contribution in [0.1, 0.15) is 44.6 Å². The standard InChI is InChI=1S/C40H40F2N8O4.CH2O2/c1-4-28-30(41)8-5-22-12-27(51)13-29(31(22)28)34-33(42)35-32(37(45-34)53-3)36(49-17-25-6-7-26(18-49)50(25)39(52)44-21(2)14-43)47-38(46-35)54-20-40(9-10-40)19-48-15-23-11-24(23)16-48;2-1-3/h1,5,8,12-13,21,23-26,51H,6-7,9-11,15-20H2,2-3H3,(H,44,52);1H,(H,2,3). The summed E-state index contributed by atoms with van der Waals surface area (Å²) in [5.74, 6) is 2.68. The Labute approximate surface area is 327 Å². The number of rotatable bonds is 9. The molecule has 2 aromatic heterocycles. The number of pyridine rings is 1. The maximum atomic E-state index is 17.3. The number of nitrogens with one attached hydrogen (secondary N) is 1. The summed E-state index contributed by atoms with van der Waals surface area (Å²) < 4.78 is 44.6. The van der Waals surface area contributed by atoms with Gasteiger partial charge in [0.05, 0.1) is 37.4 Å². The van der Waals surface area contributed by atoms with Crippen LogP contribution < -0.4 is 19.7 Å². The van der Waals surface area contributed by atoms with Crippen molar-refractivity contribution in [2.75, 3.05) is 51.3 Å². The van der Waals surface area contributed by atoms with Gasteiger partial charge in [-0.1, -0.05) is 12.0 Å². The molecule has 16 heteroatoms. The van der Waals surface area contributed by atoms with Gasteiger partial charge in [0.2, 0.25) is 5.88 Å². The molecule has 2 bridgehead atoms. The van der Waals surface area contributed by atoms with Gasteiger partial charge in [-0.15, -0.1) is 6.42 Å².